The number of thiazole rings is 1. The molecule has 0 atom stereocenters. The van der Waals surface area contributed by atoms with Crippen LogP contribution in [0.3, 0.4) is 0 Å². The molecule has 1 aliphatic rings. The molecule has 122 valence electrons. The van der Waals surface area contributed by atoms with Gasteiger partial charge in [0.1, 0.15) is 0 Å². The highest BCUT2D eigenvalue weighted by atomic mass is 32.1. The number of carbonyl (C=O) groups excluding carboxylic acids is 1. The lowest BCUT2D eigenvalue weighted by atomic mass is 9.86. The Hall–Kier alpha value is -1.75. The number of hydrogen-bond donors (Lipinski definition) is 1. The third kappa shape index (κ3) is 5.13. The van der Waals surface area contributed by atoms with Gasteiger partial charge in [0.2, 0.25) is 5.91 Å². The first-order valence-corrected chi connectivity index (χ1v) is 9.26. The minimum atomic E-state index is 0.0920. The van der Waals surface area contributed by atoms with Crippen LogP contribution >= 0.6 is 11.3 Å². The lowest BCUT2D eigenvalue weighted by Crippen LogP contribution is -2.14. The molecule has 1 aliphatic carbocycles. The van der Waals surface area contributed by atoms with Crippen molar-refractivity contribution in [2.75, 3.05) is 5.32 Å². The summed E-state index contributed by atoms with van der Waals surface area (Å²) >= 11 is 1.53. The van der Waals surface area contributed by atoms with Crippen molar-refractivity contribution >= 4 is 22.4 Å². The molecule has 1 N–H and O–H groups in total. The van der Waals surface area contributed by atoms with Crippen LogP contribution in [0.2, 0.25) is 0 Å². The molecule has 2 heterocycles. The number of pyridine rings is 1. The zero-order valence-corrected chi connectivity index (χ0v) is 14.1. The van der Waals surface area contributed by atoms with Gasteiger partial charge >= 0.3 is 0 Å². The molecule has 0 saturated heterocycles. The molecule has 4 nitrogen and oxygen atoms in total. The molecule has 2 aromatic heterocycles. The minimum Gasteiger partial charge on any atom is -0.302 e. The summed E-state index contributed by atoms with van der Waals surface area (Å²) in [5.41, 5.74) is 1.02. The molecule has 0 aliphatic heterocycles. The molecule has 0 unspecified atom stereocenters. The summed E-state index contributed by atoms with van der Waals surface area (Å²) in [4.78, 5) is 21.8. The van der Waals surface area contributed by atoms with Gasteiger partial charge in [-0.1, -0.05) is 38.2 Å². The Kier molecular flexibility index (Phi) is 5.75. The zero-order chi connectivity index (χ0) is 15.9. The van der Waals surface area contributed by atoms with Crippen LogP contribution < -0.4 is 5.32 Å². The molecule has 0 bridgehead atoms. The van der Waals surface area contributed by atoms with E-state index in [9.17, 15) is 4.79 Å². The second-order valence-electron chi connectivity index (χ2n) is 6.22. The lowest BCUT2D eigenvalue weighted by molar-refractivity contribution is -0.116. The number of hydrogen-bond acceptors (Lipinski definition) is 4. The summed E-state index contributed by atoms with van der Waals surface area (Å²) in [7, 11) is 0. The summed E-state index contributed by atoms with van der Waals surface area (Å²) in [6.07, 6.45) is 12.6. The van der Waals surface area contributed by atoms with Gasteiger partial charge in [0.15, 0.2) is 5.13 Å². The van der Waals surface area contributed by atoms with Crippen LogP contribution in [0.4, 0.5) is 5.13 Å². The maximum absolute atomic E-state index is 12.1. The highest BCUT2D eigenvalue weighted by Crippen LogP contribution is 2.27. The average molecular weight is 329 g/mol. The molecule has 0 aromatic carbocycles. The number of aromatic nitrogens is 2. The van der Waals surface area contributed by atoms with Crippen LogP contribution in [0.5, 0.6) is 0 Å². The van der Waals surface area contributed by atoms with E-state index in [4.69, 9.17) is 0 Å². The van der Waals surface area contributed by atoms with E-state index in [1.165, 1.54) is 43.4 Å². The first-order valence-electron chi connectivity index (χ1n) is 8.44. The van der Waals surface area contributed by atoms with Gasteiger partial charge in [-0.05, 0) is 24.5 Å². The molecule has 5 heteroatoms. The molecule has 1 fully saturated rings. The van der Waals surface area contributed by atoms with Gasteiger partial charge in [0.25, 0.3) is 0 Å². The van der Waals surface area contributed by atoms with Crippen LogP contribution in [0, 0.1) is 5.92 Å². The van der Waals surface area contributed by atoms with Crippen molar-refractivity contribution in [1.82, 2.24) is 9.97 Å². The molecule has 3 rings (SSSR count). The van der Waals surface area contributed by atoms with E-state index in [2.05, 4.69) is 15.3 Å². The summed E-state index contributed by atoms with van der Waals surface area (Å²) in [6.45, 7) is 0. The number of nitrogens with one attached hydrogen (secondary N) is 1. The normalized spacial score (nSPS) is 15.5. The maximum atomic E-state index is 12.1. The minimum absolute atomic E-state index is 0.0920. The summed E-state index contributed by atoms with van der Waals surface area (Å²) in [5, 5.41) is 3.63. The maximum Gasteiger partial charge on any atom is 0.226 e. The highest BCUT2D eigenvalue weighted by molar-refractivity contribution is 7.15. The van der Waals surface area contributed by atoms with Crippen molar-refractivity contribution in [3.63, 3.8) is 0 Å². The van der Waals surface area contributed by atoms with Gasteiger partial charge in [-0.25, -0.2) is 4.98 Å². The molecular weight excluding hydrogens is 306 g/mol. The number of nitrogens with zero attached hydrogens (tertiary/aromatic N) is 2. The predicted molar refractivity (Wildman–Crippen MR) is 93.6 cm³/mol. The third-order valence-corrected chi connectivity index (χ3v) is 5.30. The smallest absolute Gasteiger partial charge is 0.226 e. The number of rotatable bonds is 6. The molecular formula is C18H23N3OS. The lowest BCUT2D eigenvalue weighted by Gasteiger charge is -2.20. The Balaban J connectivity index is 1.45. The Morgan fingerprint density at radius 2 is 2.09 bits per heavy atom. The van der Waals surface area contributed by atoms with Gasteiger partial charge in [-0.2, -0.15) is 0 Å². The van der Waals surface area contributed by atoms with Crippen molar-refractivity contribution in [2.45, 2.75) is 51.4 Å². The predicted octanol–water partition coefficient (Wildman–Crippen LogP) is 4.43. The van der Waals surface area contributed by atoms with Gasteiger partial charge in [0.05, 0.1) is 0 Å². The van der Waals surface area contributed by atoms with E-state index in [0.29, 0.717) is 11.6 Å². The van der Waals surface area contributed by atoms with E-state index in [1.54, 1.807) is 6.20 Å². The molecule has 0 spiro atoms. The molecule has 1 amide bonds. The van der Waals surface area contributed by atoms with Crippen molar-refractivity contribution in [1.29, 1.82) is 0 Å². The standard InChI is InChI=1S/C18H23N3OS/c22-17(10-9-14-6-2-1-3-7-14)21-18-20-13-16(23-18)12-15-8-4-5-11-19-15/h4-5,8,11,13-14H,1-3,6-7,9-10,12H2,(H,20,21,22). The third-order valence-electron chi connectivity index (χ3n) is 4.39. The second-order valence-corrected chi connectivity index (χ2v) is 7.34. The van der Waals surface area contributed by atoms with Crippen molar-refractivity contribution < 1.29 is 4.79 Å². The van der Waals surface area contributed by atoms with Gasteiger partial charge in [0, 0.05) is 35.8 Å². The van der Waals surface area contributed by atoms with E-state index >= 15 is 0 Å². The fourth-order valence-electron chi connectivity index (χ4n) is 3.12. The van der Waals surface area contributed by atoms with Gasteiger partial charge in [-0.3, -0.25) is 9.78 Å². The Morgan fingerprint density at radius 3 is 2.87 bits per heavy atom. The van der Waals surface area contributed by atoms with E-state index in [0.717, 1.165) is 29.3 Å². The van der Waals surface area contributed by atoms with Gasteiger partial charge < -0.3 is 5.32 Å². The summed E-state index contributed by atoms with van der Waals surface area (Å²) in [6, 6.07) is 5.90. The number of amides is 1. The van der Waals surface area contributed by atoms with Crippen LogP contribution in [0.25, 0.3) is 0 Å². The van der Waals surface area contributed by atoms with Crippen LogP contribution in [0.15, 0.2) is 30.6 Å². The van der Waals surface area contributed by atoms with Crippen molar-refractivity contribution in [3.8, 4) is 0 Å². The van der Waals surface area contributed by atoms with Crippen molar-refractivity contribution in [3.05, 3.63) is 41.2 Å². The fraction of sp³-hybridized carbons (Fsp3) is 0.500. The quantitative estimate of drug-likeness (QED) is 0.853. The molecule has 23 heavy (non-hydrogen) atoms. The Morgan fingerprint density at radius 1 is 1.22 bits per heavy atom. The van der Waals surface area contributed by atoms with E-state index in [1.807, 2.05) is 24.4 Å². The number of anilines is 1. The second kappa shape index (κ2) is 8.20. The SMILES string of the molecule is O=C(CCC1CCCCC1)Nc1ncc(Cc2ccccn2)s1. The monoisotopic (exact) mass is 329 g/mol. The first-order chi connectivity index (χ1) is 11.3. The summed E-state index contributed by atoms with van der Waals surface area (Å²) < 4.78 is 0. The van der Waals surface area contributed by atoms with Crippen molar-refractivity contribution in [2.24, 2.45) is 5.92 Å². The van der Waals surface area contributed by atoms with E-state index < -0.39 is 0 Å². The topological polar surface area (TPSA) is 54.9 Å². The Bertz CT molecular complexity index is 620. The molecule has 2 aromatic rings. The first kappa shape index (κ1) is 16.1. The van der Waals surface area contributed by atoms with Gasteiger partial charge in [-0.15, -0.1) is 11.3 Å². The van der Waals surface area contributed by atoms with Crippen LogP contribution in [-0.2, 0) is 11.2 Å². The fourth-order valence-corrected chi connectivity index (χ4v) is 3.97. The van der Waals surface area contributed by atoms with Crippen LogP contribution in [-0.4, -0.2) is 15.9 Å². The summed E-state index contributed by atoms with van der Waals surface area (Å²) in [5.74, 6) is 0.833. The number of carbonyl (C=O) groups is 1. The molecule has 0 radical (unpaired) electrons. The Labute approximate surface area is 141 Å². The average Bonchev–Trinajstić information content (AvgIpc) is 3.02. The van der Waals surface area contributed by atoms with E-state index in [-0.39, 0.29) is 5.91 Å². The molecule has 1 saturated carbocycles. The zero-order valence-electron chi connectivity index (χ0n) is 13.3. The highest BCUT2D eigenvalue weighted by Gasteiger charge is 2.15. The largest absolute Gasteiger partial charge is 0.302 e. The van der Waals surface area contributed by atoms with Crippen LogP contribution in [0.1, 0.15) is 55.5 Å².